The first-order valence-corrected chi connectivity index (χ1v) is 11.8. The van der Waals surface area contributed by atoms with Crippen LogP contribution in [-0.2, 0) is 0 Å². The van der Waals surface area contributed by atoms with Crippen LogP contribution in [0.1, 0.15) is 5.56 Å². The Bertz CT molecular complexity index is 988. The van der Waals surface area contributed by atoms with Gasteiger partial charge >= 0.3 is 0 Å². The van der Waals surface area contributed by atoms with Crippen molar-refractivity contribution in [2.24, 2.45) is 0 Å². The molecule has 0 saturated carbocycles. The standard InChI is InChI=1S/C25H23NSi/c1-20-18-24(21-12-6-3-7-13-21)26-19-25(20)27(2,22-14-8-4-9-15-22)23-16-10-5-11-17-23/h3-19H,1-2H3. The normalized spacial score (nSPS) is 11.3. The van der Waals surface area contributed by atoms with Crippen molar-refractivity contribution in [2.75, 3.05) is 0 Å². The maximum Gasteiger partial charge on any atom is 0.147 e. The number of hydrogen-bond donors (Lipinski definition) is 0. The van der Waals surface area contributed by atoms with Crippen molar-refractivity contribution in [2.45, 2.75) is 13.5 Å². The molecule has 2 heteroatoms. The van der Waals surface area contributed by atoms with Crippen LogP contribution in [-0.4, -0.2) is 13.1 Å². The first kappa shape index (κ1) is 17.4. The summed E-state index contributed by atoms with van der Waals surface area (Å²) >= 11 is 0. The minimum atomic E-state index is -2.11. The number of rotatable bonds is 4. The molecule has 27 heavy (non-hydrogen) atoms. The maximum atomic E-state index is 4.86. The Labute approximate surface area is 162 Å². The fraction of sp³-hybridized carbons (Fsp3) is 0.0800. The first-order valence-electron chi connectivity index (χ1n) is 9.33. The van der Waals surface area contributed by atoms with E-state index in [4.69, 9.17) is 4.98 Å². The van der Waals surface area contributed by atoms with Crippen LogP contribution in [0.3, 0.4) is 0 Å². The van der Waals surface area contributed by atoms with Gasteiger partial charge in [0, 0.05) is 11.8 Å². The van der Waals surface area contributed by atoms with Gasteiger partial charge in [0.1, 0.15) is 8.07 Å². The van der Waals surface area contributed by atoms with Crippen molar-refractivity contribution in [3.8, 4) is 11.3 Å². The predicted octanol–water partition coefficient (Wildman–Crippen LogP) is 4.16. The van der Waals surface area contributed by atoms with Crippen LogP contribution >= 0.6 is 0 Å². The fourth-order valence-electron chi connectivity index (χ4n) is 3.87. The summed E-state index contributed by atoms with van der Waals surface area (Å²) in [7, 11) is -2.11. The summed E-state index contributed by atoms with van der Waals surface area (Å²) in [6.45, 7) is 4.66. The number of pyridine rings is 1. The maximum absolute atomic E-state index is 4.86. The van der Waals surface area contributed by atoms with E-state index in [-0.39, 0.29) is 0 Å². The molecule has 1 aromatic heterocycles. The van der Waals surface area contributed by atoms with Gasteiger partial charge in [0.2, 0.25) is 0 Å². The van der Waals surface area contributed by atoms with Crippen LogP contribution in [0.4, 0.5) is 0 Å². The number of nitrogens with zero attached hydrogens (tertiary/aromatic N) is 1. The van der Waals surface area contributed by atoms with Crippen LogP contribution in [0.5, 0.6) is 0 Å². The van der Waals surface area contributed by atoms with Gasteiger partial charge in [-0.1, -0.05) is 97.5 Å². The zero-order chi connectivity index (χ0) is 18.7. The van der Waals surface area contributed by atoms with Crippen LogP contribution in [0.2, 0.25) is 6.55 Å². The molecule has 0 saturated heterocycles. The molecule has 0 radical (unpaired) electrons. The van der Waals surface area contributed by atoms with Gasteiger partial charge < -0.3 is 0 Å². The van der Waals surface area contributed by atoms with Gasteiger partial charge in [-0.25, -0.2) is 0 Å². The summed E-state index contributed by atoms with van der Waals surface area (Å²) in [5.74, 6) is 0. The van der Waals surface area contributed by atoms with E-state index in [1.54, 1.807) is 0 Å². The highest BCUT2D eigenvalue weighted by atomic mass is 28.3. The van der Waals surface area contributed by atoms with E-state index >= 15 is 0 Å². The topological polar surface area (TPSA) is 12.9 Å². The molecule has 3 aromatic carbocycles. The van der Waals surface area contributed by atoms with Crippen molar-refractivity contribution in [3.05, 3.63) is 109 Å². The lowest BCUT2D eigenvalue weighted by atomic mass is 10.1. The quantitative estimate of drug-likeness (QED) is 0.495. The minimum Gasteiger partial charge on any atom is -0.256 e. The number of benzene rings is 3. The zero-order valence-electron chi connectivity index (χ0n) is 15.8. The van der Waals surface area contributed by atoms with Crippen molar-refractivity contribution >= 4 is 23.6 Å². The van der Waals surface area contributed by atoms with Crippen LogP contribution in [0.15, 0.2) is 103 Å². The summed E-state index contributed by atoms with van der Waals surface area (Å²) in [6.07, 6.45) is 2.11. The van der Waals surface area contributed by atoms with E-state index in [1.165, 1.54) is 21.1 Å². The predicted molar refractivity (Wildman–Crippen MR) is 118 cm³/mol. The molecule has 0 aliphatic heterocycles. The van der Waals surface area contributed by atoms with E-state index in [2.05, 4.69) is 111 Å². The van der Waals surface area contributed by atoms with E-state index in [9.17, 15) is 0 Å². The molecule has 4 aromatic rings. The molecule has 4 rings (SSSR count). The van der Waals surface area contributed by atoms with Gasteiger partial charge in [-0.05, 0) is 34.1 Å². The molecule has 0 spiro atoms. The SMILES string of the molecule is Cc1cc(-c2ccccc2)ncc1[Si](C)(c1ccccc1)c1ccccc1. The average Bonchev–Trinajstić information content (AvgIpc) is 2.75. The van der Waals surface area contributed by atoms with Crippen molar-refractivity contribution in [1.29, 1.82) is 0 Å². The van der Waals surface area contributed by atoms with E-state index in [0.717, 1.165) is 11.3 Å². The molecule has 1 nitrogen and oxygen atoms in total. The summed E-state index contributed by atoms with van der Waals surface area (Å²) in [5.41, 5.74) is 3.51. The Morgan fingerprint density at radius 1 is 0.667 bits per heavy atom. The molecule has 132 valence electrons. The molecule has 0 unspecified atom stereocenters. The molecule has 0 N–H and O–H groups in total. The highest BCUT2D eigenvalue weighted by molar-refractivity contribution is 7.10. The largest absolute Gasteiger partial charge is 0.256 e. The molecular formula is C25H23NSi. The Morgan fingerprint density at radius 3 is 1.63 bits per heavy atom. The Kier molecular flexibility index (Phi) is 4.74. The summed E-state index contributed by atoms with van der Waals surface area (Å²) in [5, 5.41) is 4.20. The third-order valence-corrected chi connectivity index (χ3v) is 10.00. The molecule has 0 aliphatic rings. The van der Waals surface area contributed by atoms with Crippen molar-refractivity contribution in [3.63, 3.8) is 0 Å². The number of aryl methyl sites for hydroxylation is 1. The highest BCUT2D eigenvalue weighted by Crippen LogP contribution is 2.18. The fourth-order valence-corrected chi connectivity index (χ4v) is 7.72. The Morgan fingerprint density at radius 2 is 1.15 bits per heavy atom. The van der Waals surface area contributed by atoms with Gasteiger partial charge in [0.25, 0.3) is 0 Å². The lowest BCUT2D eigenvalue weighted by Gasteiger charge is -2.30. The van der Waals surface area contributed by atoms with Gasteiger partial charge in [0.05, 0.1) is 5.69 Å². The van der Waals surface area contributed by atoms with Crippen LogP contribution < -0.4 is 15.6 Å². The molecule has 0 fully saturated rings. The average molecular weight is 366 g/mol. The van der Waals surface area contributed by atoms with E-state index in [1.807, 2.05) is 6.07 Å². The second kappa shape index (κ2) is 7.34. The first-order chi connectivity index (χ1) is 13.2. The molecule has 0 bridgehead atoms. The summed E-state index contributed by atoms with van der Waals surface area (Å²) < 4.78 is 0. The summed E-state index contributed by atoms with van der Waals surface area (Å²) in [6, 6.07) is 34.5. The third-order valence-electron chi connectivity index (χ3n) is 5.42. The summed E-state index contributed by atoms with van der Waals surface area (Å²) in [4.78, 5) is 4.86. The monoisotopic (exact) mass is 365 g/mol. The highest BCUT2D eigenvalue weighted by Gasteiger charge is 2.35. The lowest BCUT2D eigenvalue weighted by molar-refractivity contribution is 1.30. The van der Waals surface area contributed by atoms with Gasteiger partial charge in [0.15, 0.2) is 0 Å². The van der Waals surface area contributed by atoms with E-state index in [0.29, 0.717) is 0 Å². The van der Waals surface area contributed by atoms with E-state index < -0.39 is 8.07 Å². The minimum absolute atomic E-state index is 1.04. The lowest BCUT2D eigenvalue weighted by Crippen LogP contribution is -2.65. The number of aromatic nitrogens is 1. The van der Waals surface area contributed by atoms with Crippen molar-refractivity contribution in [1.82, 2.24) is 4.98 Å². The smallest absolute Gasteiger partial charge is 0.147 e. The van der Waals surface area contributed by atoms with Gasteiger partial charge in [-0.15, -0.1) is 0 Å². The van der Waals surface area contributed by atoms with Crippen LogP contribution in [0, 0.1) is 6.92 Å². The second-order valence-electron chi connectivity index (χ2n) is 7.11. The molecule has 0 atom stereocenters. The Hall–Kier alpha value is -2.97. The number of hydrogen-bond acceptors (Lipinski definition) is 1. The molecule has 0 amide bonds. The second-order valence-corrected chi connectivity index (χ2v) is 11.1. The third kappa shape index (κ3) is 3.24. The molecule has 1 heterocycles. The molecular weight excluding hydrogens is 342 g/mol. The van der Waals surface area contributed by atoms with Crippen molar-refractivity contribution < 1.29 is 0 Å². The zero-order valence-corrected chi connectivity index (χ0v) is 16.8. The van der Waals surface area contributed by atoms with Crippen LogP contribution in [0.25, 0.3) is 11.3 Å². The van der Waals surface area contributed by atoms with Gasteiger partial charge in [-0.3, -0.25) is 4.98 Å². The Balaban J connectivity index is 1.89. The molecule has 0 aliphatic carbocycles. The van der Waals surface area contributed by atoms with Gasteiger partial charge in [-0.2, -0.15) is 0 Å².